The molecule has 0 aliphatic carbocycles. The average molecular weight is 432 g/mol. The number of hydrogen-bond donors (Lipinski definition) is 2. The van der Waals surface area contributed by atoms with Crippen LogP contribution in [0.4, 0.5) is 20.2 Å². The van der Waals surface area contributed by atoms with Crippen molar-refractivity contribution in [3.05, 3.63) is 54.1 Å². The second kappa shape index (κ2) is 10.7. The van der Waals surface area contributed by atoms with E-state index < -0.39 is 23.4 Å². The Balaban J connectivity index is 1.35. The van der Waals surface area contributed by atoms with Gasteiger partial charge in [0.25, 0.3) is 0 Å². The summed E-state index contributed by atoms with van der Waals surface area (Å²) in [6.45, 7) is 4.68. The number of rotatable bonds is 7. The number of nitrogens with one attached hydrogen (secondary N) is 2. The molecule has 0 radical (unpaired) electrons. The zero-order valence-electron chi connectivity index (χ0n) is 17.4. The predicted octanol–water partition coefficient (Wildman–Crippen LogP) is 2.24. The van der Waals surface area contributed by atoms with Crippen LogP contribution in [-0.2, 0) is 9.59 Å². The van der Waals surface area contributed by atoms with E-state index in [2.05, 4.69) is 26.5 Å². The Morgan fingerprint density at radius 1 is 1.00 bits per heavy atom. The van der Waals surface area contributed by atoms with Gasteiger partial charge in [-0.25, -0.2) is 8.78 Å². The van der Waals surface area contributed by atoms with Gasteiger partial charge >= 0.3 is 11.8 Å². The molecule has 0 saturated carbocycles. The lowest BCUT2D eigenvalue weighted by molar-refractivity contribution is -0.136. The van der Waals surface area contributed by atoms with Gasteiger partial charge in [0.05, 0.1) is 12.8 Å². The molecule has 0 unspecified atom stereocenters. The van der Waals surface area contributed by atoms with Crippen molar-refractivity contribution in [2.45, 2.75) is 6.42 Å². The van der Waals surface area contributed by atoms with Crippen molar-refractivity contribution in [3.8, 4) is 5.75 Å². The van der Waals surface area contributed by atoms with Crippen LogP contribution in [0.1, 0.15) is 6.42 Å². The molecule has 7 nitrogen and oxygen atoms in total. The fourth-order valence-corrected chi connectivity index (χ4v) is 3.45. The maximum absolute atomic E-state index is 13.2. The number of nitrogens with zero attached hydrogens (tertiary/aromatic N) is 2. The van der Waals surface area contributed by atoms with E-state index in [-0.39, 0.29) is 5.69 Å². The Hall–Kier alpha value is -3.20. The average Bonchev–Trinajstić information content (AvgIpc) is 2.79. The topological polar surface area (TPSA) is 73.9 Å². The fourth-order valence-electron chi connectivity index (χ4n) is 3.45. The van der Waals surface area contributed by atoms with E-state index in [4.69, 9.17) is 4.74 Å². The van der Waals surface area contributed by atoms with Crippen molar-refractivity contribution in [1.29, 1.82) is 0 Å². The second-order valence-corrected chi connectivity index (χ2v) is 7.19. The van der Waals surface area contributed by atoms with Gasteiger partial charge in [-0.05, 0) is 37.2 Å². The SMILES string of the molecule is COc1ccccc1N1CCN(CCCNC(=O)C(=O)Nc2ccc(F)c(F)c2)CC1. The summed E-state index contributed by atoms with van der Waals surface area (Å²) in [6.07, 6.45) is 0.693. The number of hydrogen-bond acceptors (Lipinski definition) is 5. The van der Waals surface area contributed by atoms with Crippen molar-refractivity contribution < 1.29 is 23.1 Å². The van der Waals surface area contributed by atoms with Crippen molar-refractivity contribution >= 4 is 23.2 Å². The largest absolute Gasteiger partial charge is 0.495 e. The molecule has 0 spiro atoms. The zero-order valence-corrected chi connectivity index (χ0v) is 17.4. The van der Waals surface area contributed by atoms with Crippen molar-refractivity contribution in [3.63, 3.8) is 0 Å². The highest BCUT2D eigenvalue weighted by atomic mass is 19.2. The summed E-state index contributed by atoms with van der Waals surface area (Å²) in [5.41, 5.74) is 1.11. The molecule has 1 heterocycles. The number of ether oxygens (including phenoxy) is 1. The molecule has 0 atom stereocenters. The third-order valence-electron chi connectivity index (χ3n) is 5.12. The Morgan fingerprint density at radius 3 is 2.45 bits per heavy atom. The lowest BCUT2D eigenvalue weighted by Gasteiger charge is -2.36. The molecular formula is C22H26F2N4O3. The first-order chi connectivity index (χ1) is 15.0. The number of carbonyl (C=O) groups excluding carboxylic acids is 2. The summed E-state index contributed by atoms with van der Waals surface area (Å²) in [5.74, 6) is -2.99. The molecule has 1 fully saturated rings. The number of piperazine rings is 1. The normalized spacial score (nSPS) is 14.2. The standard InChI is InChI=1S/C22H26F2N4O3/c1-31-20-6-3-2-5-19(20)28-13-11-27(12-14-28)10-4-9-25-21(29)22(30)26-16-7-8-17(23)18(24)15-16/h2-3,5-8,15H,4,9-14H2,1H3,(H,25,29)(H,26,30). The molecule has 1 aliphatic rings. The number of para-hydroxylation sites is 2. The van der Waals surface area contributed by atoms with Gasteiger partial charge in [0.1, 0.15) is 5.75 Å². The van der Waals surface area contributed by atoms with Gasteiger partial charge in [-0.3, -0.25) is 14.5 Å². The van der Waals surface area contributed by atoms with Gasteiger partial charge in [0, 0.05) is 44.5 Å². The third kappa shape index (κ3) is 6.14. The van der Waals surface area contributed by atoms with E-state index in [1.54, 1.807) is 7.11 Å². The summed E-state index contributed by atoms with van der Waals surface area (Å²) in [7, 11) is 1.67. The molecule has 2 aromatic rings. The molecule has 2 N–H and O–H groups in total. The first-order valence-electron chi connectivity index (χ1n) is 10.1. The van der Waals surface area contributed by atoms with E-state index in [1.165, 1.54) is 6.07 Å². The molecular weight excluding hydrogens is 406 g/mol. The Labute approximate surface area is 180 Å². The fraction of sp³-hybridized carbons (Fsp3) is 0.364. The number of methoxy groups -OCH3 is 1. The van der Waals surface area contributed by atoms with E-state index in [1.807, 2.05) is 18.2 Å². The van der Waals surface area contributed by atoms with E-state index >= 15 is 0 Å². The van der Waals surface area contributed by atoms with Crippen molar-refractivity contribution in [2.24, 2.45) is 0 Å². The van der Waals surface area contributed by atoms with Gasteiger partial charge in [-0.2, -0.15) is 0 Å². The highest BCUT2D eigenvalue weighted by molar-refractivity contribution is 6.39. The minimum absolute atomic E-state index is 0.0203. The van der Waals surface area contributed by atoms with Crippen LogP contribution < -0.4 is 20.3 Å². The molecule has 166 valence electrons. The second-order valence-electron chi connectivity index (χ2n) is 7.19. The summed E-state index contributed by atoms with van der Waals surface area (Å²) in [4.78, 5) is 28.3. The monoisotopic (exact) mass is 432 g/mol. The van der Waals surface area contributed by atoms with Crippen LogP contribution in [-0.4, -0.2) is 63.1 Å². The lowest BCUT2D eigenvalue weighted by Crippen LogP contribution is -2.47. The van der Waals surface area contributed by atoms with Crippen LogP contribution >= 0.6 is 0 Å². The molecule has 1 saturated heterocycles. The number of halogens is 2. The molecule has 2 amide bonds. The van der Waals surface area contributed by atoms with Gasteiger partial charge in [-0.1, -0.05) is 12.1 Å². The highest BCUT2D eigenvalue weighted by Gasteiger charge is 2.19. The molecule has 0 aromatic heterocycles. The van der Waals surface area contributed by atoms with E-state index in [9.17, 15) is 18.4 Å². The Bertz CT molecular complexity index is 917. The first kappa shape index (κ1) is 22.5. The van der Waals surface area contributed by atoms with Gasteiger partial charge in [0.2, 0.25) is 0 Å². The van der Waals surface area contributed by atoms with Gasteiger partial charge in [-0.15, -0.1) is 0 Å². The highest BCUT2D eigenvalue weighted by Crippen LogP contribution is 2.28. The van der Waals surface area contributed by atoms with E-state index in [0.717, 1.165) is 56.3 Å². The predicted molar refractivity (Wildman–Crippen MR) is 114 cm³/mol. The number of carbonyl (C=O) groups is 2. The molecule has 9 heteroatoms. The number of benzene rings is 2. The molecule has 1 aliphatic heterocycles. The molecule has 2 aromatic carbocycles. The van der Waals surface area contributed by atoms with Gasteiger partial charge in [0.15, 0.2) is 11.6 Å². The first-order valence-corrected chi connectivity index (χ1v) is 10.1. The zero-order chi connectivity index (χ0) is 22.2. The smallest absolute Gasteiger partial charge is 0.313 e. The van der Waals surface area contributed by atoms with E-state index in [0.29, 0.717) is 13.0 Å². The minimum Gasteiger partial charge on any atom is -0.495 e. The quantitative estimate of drug-likeness (QED) is 0.519. The van der Waals surface area contributed by atoms with Gasteiger partial charge < -0.3 is 20.3 Å². The van der Waals surface area contributed by atoms with Crippen LogP contribution in [0.2, 0.25) is 0 Å². The lowest BCUT2D eigenvalue weighted by atomic mass is 10.2. The summed E-state index contributed by atoms with van der Waals surface area (Å²) in [5, 5.41) is 4.79. The maximum atomic E-state index is 13.2. The third-order valence-corrected chi connectivity index (χ3v) is 5.12. The number of amides is 2. The minimum atomic E-state index is -1.09. The van der Waals surface area contributed by atoms with Crippen LogP contribution in [0.15, 0.2) is 42.5 Å². The number of anilines is 2. The summed E-state index contributed by atoms with van der Waals surface area (Å²) in [6, 6.07) is 10.8. The molecule has 31 heavy (non-hydrogen) atoms. The van der Waals surface area contributed by atoms with Crippen molar-refractivity contribution in [2.75, 3.05) is 56.6 Å². The van der Waals surface area contributed by atoms with Crippen molar-refractivity contribution in [1.82, 2.24) is 10.2 Å². The summed E-state index contributed by atoms with van der Waals surface area (Å²) < 4.78 is 31.5. The Kier molecular flexibility index (Phi) is 7.77. The van der Waals surface area contributed by atoms with Crippen LogP contribution in [0, 0.1) is 11.6 Å². The maximum Gasteiger partial charge on any atom is 0.313 e. The molecule has 3 rings (SSSR count). The van der Waals surface area contributed by atoms with Crippen LogP contribution in [0.5, 0.6) is 5.75 Å². The molecule has 0 bridgehead atoms. The summed E-state index contributed by atoms with van der Waals surface area (Å²) >= 11 is 0. The van der Waals surface area contributed by atoms with Crippen LogP contribution in [0.25, 0.3) is 0 Å². The Morgan fingerprint density at radius 2 is 1.74 bits per heavy atom. The van der Waals surface area contributed by atoms with Crippen LogP contribution in [0.3, 0.4) is 0 Å².